The largest absolute Gasteiger partial charge is 0.505 e. The van der Waals surface area contributed by atoms with Crippen molar-refractivity contribution in [2.75, 3.05) is 24.0 Å². The molecule has 0 spiro atoms. The predicted molar refractivity (Wildman–Crippen MR) is 200 cm³/mol. The first-order valence-corrected chi connectivity index (χ1v) is 20.1. The molecule has 0 aliphatic carbocycles. The van der Waals surface area contributed by atoms with Crippen molar-refractivity contribution in [1.82, 2.24) is 15.0 Å². The fourth-order valence-electron chi connectivity index (χ4n) is 5.01. The highest BCUT2D eigenvalue weighted by Crippen LogP contribution is 2.47. The van der Waals surface area contributed by atoms with E-state index in [9.17, 15) is 32.4 Å². The molecule has 0 atom stereocenters. The standard InChI is InChI=1S/C31H25ClN7O10PS3/c1-47-48-49-52-28-21-9-4-3-6-16(21)10-11-22(28)38-39-26-24(51-2)13-17-12-20(53(44,45)46)15-23(25(17)27(26)40)34-31-36-29(32)35-30(37-31)33-18-7-5-8-19(14-18)50(41,42)43/h3-15,40H,1-2H3,(H2,41,42,43)(H,44,45,46)(H2,33,34,35,36,37). The molecule has 274 valence electrons. The molecule has 0 saturated carbocycles. The normalized spacial score (nSPS) is 12.2. The minimum atomic E-state index is -4.76. The van der Waals surface area contributed by atoms with Gasteiger partial charge in [0.25, 0.3) is 10.1 Å². The van der Waals surface area contributed by atoms with Crippen LogP contribution in [0.15, 0.2) is 104 Å². The second-order valence-corrected chi connectivity index (χ2v) is 15.6. The molecule has 1 aromatic heterocycles. The summed E-state index contributed by atoms with van der Waals surface area (Å²) in [6, 6.07) is 20.1. The van der Waals surface area contributed by atoms with Crippen molar-refractivity contribution in [3.05, 3.63) is 84.1 Å². The number of aromatic hydroxyl groups is 1. The number of phenolic OH excluding ortho intramolecular Hbond substituents is 1. The summed E-state index contributed by atoms with van der Waals surface area (Å²) >= 11 is 8.21. The first-order chi connectivity index (χ1) is 25.2. The Balaban J connectivity index is 1.45. The third kappa shape index (κ3) is 8.86. The van der Waals surface area contributed by atoms with E-state index in [-0.39, 0.29) is 50.3 Å². The Labute approximate surface area is 313 Å². The highest BCUT2D eigenvalue weighted by Gasteiger charge is 2.22. The van der Waals surface area contributed by atoms with Crippen LogP contribution in [0.3, 0.4) is 0 Å². The van der Waals surface area contributed by atoms with E-state index in [1.807, 2.05) is 30.3 Å². The molecule has 6 rings (SSSR count). The van der Waals surface area contributed by atoms with Crippen LogP contribution < -0.4 is 15.9 Å². The number of thioether (sulfide) groups is 1. The monoisotopic (exact) mass is 817 g/mol. The molecule has 0 amide bonds. The highest BCUT2D eigenvalue weighted by atomic mass is 35.5. The highest BCUT2D eigenvalue weighted by molar-refractivity contribution is 7.98. The van der Waals surface area contributed by atoms with Gasteiger partial charge in [0.1, 0.15) is 11.4 Å². The molecule has 0 aliphatic rings. The van der Waals surface area contributed by atoms with Crippen molar-refractivity contribution in [3.8, 4) is 5.75 Å². The first kappa shape index (κ1) is 38.3. The summed E-state index contributed by atoms with van der Waals surface area (Å²) in [5.74, 6) is -0.806. The molecule has 0 radical (unpaired) electrons. The van der Waals surface area contributed by atoms with E-state index in [2.05, 4.69) is 45.7 Å². The second-order valence-electron chi connectivity index (χ2n) is 10.6. The molecule has 22 heteroatoms. The van der Waals surface area contributed by atoms with Gasteiger partial charge in [0.15, 0.2) is 5.75 Å². The van der Waals surface area contributed by atoms with Crippen molar-refractivity contribution in [1.29, 1.82) is 0 Å². The van der Waals surface area contributed by atoms with Gasteiger partial charge in [-0.1, -0.05) is 41.4 Å². The molecular weight excluding hydrogens is 793 g/mol. The molecule has 1 heterocycles. The third-order valence-electron chi connectivity index (χ3n) is 7.26. The molecule has 53 heavy (non-hydrogen) atoms. The van der Waals surface area contributed by atoms with Crippen LogP contribution in [0.1, 0.15) is 0 Å². The van der Waals surface area contributed by atoms with Crippen LogP contribution in [0.4, 0.5) is 34.6 Å². The molecule has 6 aromatic rings. The van der Waals surface area contributed by atoms with Crippen molar-refractivity contribution in [2.24, 2.45) is 10.2 Å². The van der Waals surface area contributed by atoms with Gasteiger partial charge in [-0.2, -0.15) is 23.4 Å². The number of halogens is 1. The number of hydrogen-bond donors (Lipinski definition) is 6. The SMILES string of the molecule is COOOSc1c(N=Nc2c(SC)cc3cc(S(=O)(=O)O)cc(Nc4nc(Cl)nc(Nc5cccc(P(=O)(O)O)c5)n4)c3c2O)ccc2ccccc12. The summed E-state index contributed by atoms with van der Waals surface area (Å²) in [6.07, 6.45) is 1.72. The maximum absolute atomic E-state index is 12.3. The number of anilines is 4. The Morgan fingerprint density at radius 2 is 1.66 bits per heavy atom. The number of azo groups is 1. The molecular formula is C31H25ClN7O10PS3. The van der Waals surface area contributed by atoms with Crippen LogP contribution in [-0.4, -0.2) is 56.2 Å². The number of aromatic nitrogens is 3. The van der Waals surface area contributed by atoms with Crippen LogP contribution in [0.5, 0.6) is 5.75 Å². The Bertz CT molecular complexity index is 2560. The lowest BCUT2D eigenvalue weighted by molar-refractivity contribution is -0.447. The molecule has 0 aliphatic heterocycles. The van der Waals surface area contributed by atoms with Gasteiger partial charge in [-0.3, -0.25) is 9.12 Å². The van der Waals surface area contributed by atoms with E-state index in [1.54, 1.807) is 18.4 Å². The average Bonchev–Trinajstić information content (AvgIpc) is 3.10. The molecule has 17 nitrogen and oxygen atoms in total. The second kappa shape index (κ2) is 15.9. The lowest BCUT2D eigenvalue weighted by Gasteiger charge is -2.15. The summed E-state index contributed by atoms with van der Waals surface area (Å²) in [6.45, 7) is 0. The van der Waals surface area contributed by atoms with Crippen LogP contribution in [0.25, 0.3) is 21.5 Å². The molecule has 0 unspecified atom stereocenters. The Kier molecular flexibility index (Phi) is 11.5. The first-order valence-electron chi connectivity index (χ1n) is 14.7. The quantitative estimate of drug-likeness (QED) is 0.00953. The zero-order valence-electron chi connectivity index (χ0n) is 27.0. The fourth-order valence-corrected chi connectivity index (χ4v) is 7.50. The zero-order valence-corrected chi connectivity index (χ0v) is 31.1. The van der Waals surface area contributed by atoms with Gasteiger partial charge in [0.2, 0.25) is 17.2 Å². The summed E-state index contributed by atoms with van der Waals surface area (Å²) in [5, 5.41) is 32.1. The number of rotatable bonds is 13. The van der Waals surface area contributed by atoms with Crippen LogP contribution in [0.2, 0.25) is 5.28 Å². The van der Waals surface area contributed by atoms with Crippen molar-refractivity contribution in [3.63, 3.8) is 0 Å². The van der Waals surface area contributed by atoms with Gasteiger partial charge < -0.3 is 25.5 Å². The number of fused-ring (bicyclic) bond motifs is 2. The van der Waals surface area contributed by atoms with E-state index in [0.717, 1.165) is 28.9 Å². The Morgan fingerprint density at radius 3 is 2.38 bits per heavy atom. The number of phenols is 1. The Hall–Kier alpha value is -4.44. The minimum absolute atomic E-state index is 0.0202. The number of benzene rings is 5. The average molecular weight is 818 g/mol. The fraction of sp³-hybridized carbons (Fsp3) is 0.0645. The predicted octanol–water partition coefficient (Wildman–Crippen LogP) is 7.73. The van der Waals surface area contributed by atoms with E-state index in [1.165, 1.54) is 49.2 Å². The van der Waals surface area contributed by atoms with Crippen LogP contribution >= 0.6 is 43.0 Å². The van der Waals surface area contributed by atoms with E-state index >= 15 is 0 Å². The van der Waals surface area contributed by atoms with Crippen molar-refractivity contribution >= 4 is 115 Å². The van der Waals surface area contributed by atoms with Crippen molar-refractivity contribution in [2.45, 2.75) is 14.7 Å². The number of nitrogens with one attached hydrogen (secondary N) is 2. The van der Waals surface area contributed by atoms with Gasteiger partial charge >= 0.3 is 7.60 Å². The van der Waals surface area contributed by atoms with Gasteiger partial charge in [0.05, 0.1) is 39.9 Å². The molecule has 5 aromatic carbocycles. The topological polar surface area (TPSA) is 247 Å². The molecule has 0 saturated heterocycles. The van der Waals surface area contributed by atoms with Gasteiger partial charge in [-0.25, -0.2) is 4.89 Å². The van der Waals surface area contributed by atoms with Gasteiger partial charge in [-0.05, 0) is 76.5 Å². The Morgan fingerprint density at radius 1 is 0.906 bits per heavy atom. The minimum Gasteiger partial charge on any atom is -0.505 e. The van der Waals surface area contributed by atoms with Gasteiger partial charge in [-0.15, -0.1) is 26.3 Å². The lowest BCUT2D eigenvalue weighted by atomic mass is 10.1. The maximum Gasteiger partial charge on any atom is 0.356 e. The van der Waals surface area contributed by atoms with Crippen molar-refractivity contribution < 1.29 is 46.7 Å². The van der Waals surface area contributed by atoms with Crippen LogP contribution in [-0.2, 0) is 28.9 Å². The number of nitrogens with zero attached hydrogens (tertiary/aromatic N) is 5. The van der Waals surface area contributed by atoms with E-state index < -0.39 is 28.4 Å². The van der Waals surface area contributed by atoms with Crippen LogP contribution in [0, 0.1) is 0 Å². The molecule has 0 fully saturated rings. The third-order valence-corrected chi connectivity index (χ3v) is 10.7. The smallest absolute Gasteiger partial charge is 0.356 e. The lowest BCUT2D eigenvalue weighted by Crippen LogP contribution is -2.08. The number of hydrogen-bond acceptors (Lipinski definition) is 16. The van der Waals surface area contributed by atoms with E-state index in [4.69, 9.17) is 15.9 Å². The maximum atomic E-state index is 12.3. The summed E-state index contributed by atoms with van der Waals surface area (Å²) in [7, 11) is -8.05. The summed E-state index contributed by atoms with van der Waals surface area (Å²) in [5.41, 5.74) is 0.499. The summed E-state index contributed by atoms with van der Waals surface area (Å²) < 4.78 is 51.5. The van der Waals surface area contributed by atoms with Gasteiger partial charge in [0, 0.05) is 16.0 Å². The molecule has 6 N–H and O–H groups in total. The summed E-state index contributed by atoms with van der Waals surface area (Å²) in [4.78, 5) is 36.3. The zero-order chi connectivity index (χ0) is 37.9. The molecule has 0 bridgehead atoms. The van der Waals surface area contributed by atoms with E-state index in [0.29, 0.717) is 15.5 Å².